The van der Waals surface area contributed by atoms with Crippen LogP contribution < -0.4 is 0 Å². The Hall–Kier alpha value is -1.29. The topological polar surface area (TPSA) is 46.5 Å². The van der Waals surface area contributed by atoms with Crippen molar-refractivity contribution in [3.63, 3.8) is 0 Å². The molecule has 0 aliphatic rings. The van der Waals surface area contributed by atoms with E-state index in [4.69, 9.17) is 9.84 Å². The van der Waals surface area contributed by atoms with Crippen molar-refractivity contribution in [2.45, 2.75) is 44.9 Å². The molecule has 0 bridgehead atoms. The first-order valence-corrected chi connectivity index (χ1v) is 10.5. The van der Waals surface area contributed by atoms with Crippen LogP contribution in [0.5, 0.6) is 5.75 Å². The van der Waals surface area contributed by atoms with Crippen LogP contribution in [0.25, 0.3) is 0 Å². The summed E-state index contributed by atoms with van der Waals surface area (Å²) in [6.07, 6.45) is 2.09. The Morgan fingerprint density at radius 2 is 1.84 bits per heavy atom. The lowest BCUT2D eigenvalue weighted by atomic mass is 10.1. The zero-order valence-electron chi connectivity index (χ0n) is 12.1. The zero-order chi connectivity index (χ0) is 14.3. The van der Waals surface area contributed by atoms with E-state index in [2.05, 4.69) is 19.6 Å². The lowest BCUT2D eigenvalue weighted by Gasteiger charge is -2.15. The molecular weight excluding hydrogens is 256 g/mol. The maximum atomic E-state index is 11.5. The summed E-state index contributed by atoms with van der Waals surface area (Å²) in [5.41, 5.74) is 1.13. The predicted molar refractivity (Wildman–Crippen MR) is 80.2 cm³/mol. The second-order valence-electron chi connectivity index (χ2n) is 6.05. The van der Waals surface area contributed by atoms with Gasteiger partial charge in [-0.15, -0.1) is 0 Å². The molecule has 0 saturated heterocycles. The lowest BCUT2D eigenvalue weighted by Crippen LogP contribution is -2.22. The first kappa shape index (κ1) is 15.8. The van der Waals surface area contributed by atoms with Gasteiger partial charge in [-0.05, 0) is 36.6 Å². The standard InChI is InChI=1S/C15H24O3Si/c1-19(2,3)12-11-18-15(17)6-4-5-13-7-9-14(16)10-8-13/h7-10,16H,4-6,11-12H2,1-3H3. The Kier molecular flexibility index (Phi) is 6.08. The molecule has 0 fully saturated rings. The van der Waals surface area contributed by atoms with Crippen LogP contribution in [0.15, 0.2) is 24.3 Å². The highest BCUT2D eigenvalue weighted by Crippen LogP contribution is 2.12. The van der Waals surface area contributed by atoms with E-state index >= 15 is 0 Å². The summed E-state index contributed by atoms with van der Waals surface area (Å²) in [6, 6.07) is 8.12. The second kappa shape index (κ2) is 7.33. The number of benzene rings is 1. The molecule has 1 rings (SSSR count). The highest BCUT2D eigenvalue weighted by atomic mass is 28.3. The summed E-state index contributed by atoms with van der Waals surface area (Å²) < 4.78 is 5.23. The maximum absolute atomic E-state index is 11.5. The van der Waals surface area contributed by atoms with Gasteiger partial charge in [0.15, 0.2) is 0 Å². The van der Waals surface area contributed by atoms with Crippen molar-refractivity contribution in [2.24, 2.45) is 0 Å². The highest BCUT2D eigenvalue weighted by Gasteiger charge is 2.13. The summed E-state index contributed by atoms with van der Waals surface area (Å²) in [7, 11) is -1.11. The summed E-state index contributed by atoms with van der Waals surface area (Å²) in [4.78, 5) is 11.5. The molecular formula is C15H24O3Si. The average Bonchev–Trinajstić information content (AvgIpc) is 2.30. The number of hydrogen-bond acceptors (Lipinski definition) is 3. The van der Waals surface area contributed by atoms with E-state index in [1.807, 2.05) is 12.1 Å². The molecule has 4 heteroatoms. The summed E-state index contributed by atoms with van der Waals surface area (Å²) in [5.74, 6) is 0.173. The summed E-state index contributed by atoms with van der Waals surface area (Å²) in [5, 5.41) is 9.16. The van der Waals surface area contributed by atoms with Crippen LogP contribution >= 0.6 is 0 Å². The Labute approximate surface area is 116 Å². The van der Waals surface area contributed by atoms with E-state index < -0.39 is 8.07 Å². The summed E-state index contributed by atoms with van der Waals surface area (Å²) >= 11 is 0. The minimum absolute atomic E-state index is 0.1000. The van der Waals surface area contributed by atoms with Crippen molar-refractivity contribution in [3.8, 4) is 5.75 Å². The molecule has 3 nitrogen and oxygen atoms in total. The van der Waals surface area contributed by atoms with Crippen LogP contribution in [-0.2, 0) is 16.0 Å². The SMILES string of the molecule is C[Si](C)(C)CCOC(=O)CCCc1ccc(O)cc1. The van der Waals surface area contributed by atoms with Crippen LogP contribution in [-0.4, -0.2) is 25.8 Å². The van der Waals surface area contributed by atoms with Gasteiger partial charge in [-0.1, -0.05) is 31.8 Å². The van der Waals surface area contributed by atoms with Gasteiger partial charge in [0.25, 0.3) is 0 Å². The number of esters is 1. The molecule has 19 heavy (non-hydrogen) atoms. The van der Waals surface area contributed by atoms with E-state index in [-0.39, 0.29) is 11.7 Å². The van der Waals surface area contributed by atoms with Crippen LogP contribution in [0.1, 0.15) is 18.4 Å². The maximum Gasteiger partial charge on any atom is 0.305 e. The molecule has 0 aliphatic heterocycles. The van der Waals surface area contributed by atoms with Crippen LogP contribution in [0.4, 0.5) is 0 Å². The number of aromatic hydroxyl groups is 1. The number of phenols is 1. The molecule has 0 saturated carbocycles. The fourth-order valence-electron chi connectivity index (χ4n) is 1.64. The number of carbonyl (C=O) groups is 1. The van der Waals surface area contributed by atoms with E-state index in [1.54, 1.807) is 12.1 Å². The van der Waals surface area contributed by atoms with E-state index in [9.17, 15) is 4.79 Å². The summed E-state index contributed by atoms with van der Waals surface area (Å²) in [6.45, 7) is 7.37. The third-order valence-electron chi connectivity index (χ3n) is 2.90. The Balaban J connectivity index is 2.15. The minimum Gasteiger partial charge on any atom is -0.508 e. The third-order valence-corrected chi connectivity index (χ3v) is 4.60. The number of hydrogen-bond donors (Lipinski definition) is 1. The average molecular weight is 280 g/mol. The largest absolute Gasteiger partial charge is 0.508 e. The Bertz CT molecular complexity index is 393. The normalized spacial score (nSPS) is 11.3. The van der Waals surface area contributed by atoms with Gasteiger partial charge in [0, 0.05) is 14.5 Å². The molecule has 1 aromatic carbocycles. The number of rotatable bonds is 7. The first-order valence-electron chi connectivity index (χ1n) is 6.80. The highest BCUT2D eigenvalue weighted by molar-refractivity contribution is 6.76. The van der Waals surface area contributed by atoms with Crippen molar-refractivity contribution in [1.82, 2.24) is 0 Å². The molecule has 106 valence electrons. The second-order valence-corrected chi connectivity index (χ2v) is 11.7. The van der Waals surface area contributed by atoms with Crippen molar-refractivity contribution in [1.29, 1.82) is 0 Å². The zero-order valence-corrected chi connectivity index (χ0v) is 13.1. The Morgan fingerprint density at radius 1 is 1.21 bits per heavy atom. The molecule has 1 N–H and O–H groups in total. The molecule has 0 radical (unpaired) electrons. The van der Waals surface area contributed by atoms with Gasteiger partial charge in [0.1, 0.15) is 5.75 Å². The predicted octanol–water partition coefficient (Wildman–Crippen LogP) is 3.60. The van der Waals surface area contributed by atoms with Gasteiger partial charge < -0.3 is 9.84 Å². The van der Waals surface area contributed by atoms with E-state index in [1.165, 1.54) is 0 Å². The van der Waals surface area contributed by atoms with Crippen LogP contribution in [0, 0.1) is 0 Å². The van der Waals surface area contributed by atoms with Gasteiger partial charge in [-0.2, -0.15) is 0 Å². The number of aryl methyl sites for hydroxylation is 1. The molecule has 0 spiro atoms. The van der Waals surface area contributed by atoms with Gasteiger partial charge in [0.2, 0.25) is 0 Å². The third kappa shape index (κ3) is 7.67. The Morgan fingerprint density at radius 3 is 2.42 bits per heavy atom. The van der Waals surface area contributed by atoms with E-state index in [0.717, 1.165) is 24.4 Å². The van der Waals surface area contributed by atoms with Gasteiger partial charge in [-0.3, -0.25) is 4.79 Å². The quantitative estimate of drug-likeness (QED) is 0.613. The fourth-order valence-corrected chi connectivity index (χ4v) is 2.36. The van der Waals surface area contributed by atoms with Crippen molar-refractivity contribution >= 4 is 14.0 Å². The number of ether oxygens (including phenoxy) is 1. The first-order chi connectivity index (χ1) is 8.87. The lowest BCUT2D eigenvalue weighted by molar-refractivity contribution is -0.143. The number of phenolic OH excluding ortho intramolecular Hbond substituents is 1. The van der Waals surface area contributed by atoms with Crippen molar-refractivity contribution in [2.75, 3.05) is 6.61 Å². The minimum atomic E-state index is -1.11. The monoisotopic (exact) mass is 280 g/mol. The van der Waals surface area contributed by atoms with Crippen molar-refractivity contribution < 1.29 is 14.6 Å². The van der Waals surface area contributed by atoms with Crippen LogP contribution in [0.3, 0.4) is 0 Å². The number of carbonyl (C=O) groups excluding carboxylic acids is 1. The molecule has 0 heterocycles. The molecule has 0 atom stereocenters. The van der Waals surface area contributed by atoms with E-state index in [0.29, 0.717) is 13.0 Å². The molecule has 0 aliphatic carbocycles. The smallest absolute Gasteiger partial charge is 0.305 e. The molecule has 1 aromatic rings. The molecule has 0 aromatic heterocycles. The molecule has 0 unspecified atom stereocenters. The van der Waals surface area contributed by atoms with Gasteiger partial charge in [0.05, 0.1) is 6.61 Å². The van der Waals surface area contributed by atoms with Crippen LogP contribution in [0.2, 0.25) is 25.7 Å². The molecule has 0 amide bonds. The fraction of sp³-hybridized carbons (Fsp3) is 0.533. The van der Waals surface area contributed by atoms with Gasteiger partial charge in [-0.25, -0.2) is 0 Å². The van der Waals surface area contributed by atoms with Crippen molar-refractivity contribution in [3.05, 3.63) is 29.8 Å². The van der Waals surface area contributed by atoms with Gasteiger partial charge >= 0.3 is 5.97 Å².